The van der Waals surface area contributed by atoms with Crippen molar-refractivity contribution in [3.8, 4) is 0 Å². The largest absolute Gasteiger partial charge is 0.468 e. The van der Waals surface area contributed by atoms with Crippen LogP contribution in [0.25, 0.3) is 0 Å². The summed E-state index contributed by atoms with van der Waals surface area (Å²) >= 11 is 0.910. The molecule has 0 saturated carbocycles. The number of esters is 1. The third-order valence-electron chi connectivity index (χ3n) is 4.98. The fourth-order valence-electron chi connectivity index (χ4n) is 3.31. The monoisotopic (exact) mass is 584 g/mol. The first kappa shape index (κ1) is 32.7. The van der Waals surface area contributed by atoms with E-state index in [1.54, 1.807) is 48.5 Å². The van der Waals surface area contributed by atoms with Crippen LogP contribution < -0.4 is 15.6 Å². The van der Waals surface area contributed by atoms with Crippen LogP contribution in [0.1, 0.15) is 60.5 Å². The molecule has 3 amide bonds. The maximum Gasteiger partial charge on any atom is 0.428 e. The van der Waals surface area contributed by atoms with E-state index in [0.717, 1.165) is 17.8 Å². The Kier molecular flexibility index (Phi) is 11.2. The van der Waals surface area contributed by atoms with Gasteiger partial charge in [0.25, 0.3) is 0 Å². The molecule has 0 spiro atoms. The van der Waals surface area contributed by atoms with Gasteiger partial charge in [0, 0.05) is 5.56 Å². The van der Waals surface area contributed by atoms with E-state index < -0.39 is 52.6 Å². The highest BCUT2D eigenvalue weighted by Crippen LogP contribution is 2.28. The highest BCUT2D eigenvalue weighted by molar-refractivity contribution is 8.15. The van der Waals surface area contributed by atoms with Gasteiger partial charge in [-0.2, -0.15) is 5.10 Å². The molecule has 1 aromatic rings. The summed E-state index contributed by atoms with van der Waals surface area (Å²) in [6, 6.07) is 3.96. The molecule has 2 atom stereocenters. The number of rotatable bonds is 8. The summed E-state index contributed by atoms with van der Waals surface area (Å²) in [5, 5.41) is 5.83. The fraction of sp³-hybridized carbons (Fsp3) is 0.577. The molecule has 1 saturated heterocycles. The lowest BCUT2D eigenvalue weighted by Crippen LogP contribution is -2.38. The molecule has 14 heteroatoms. The van der Waals surface area contributed by atoms with Crippen LogP contribution in [0.4, 0.5) is 24.5 Å². The minimum absolute atomic E-state index is 0.00408. The number of hydrogen-bond acceptors (Lipinski definition) is 10. The maximum atomic E-state index is 15.4. The first-order valence-corrected chi connectivity index (χ1v) is 13.5. The highest BCUT2D eigenvalue weighted by Gasteiger charge is 2.34. The van der Waals surface area contributed by atoms with Crippen LogP contribution in [-0.2, 0) is 23.7 Å². The van der Waals surface area contributed by atoms with Gasteiger partial charge in [0.05, 0.1) is 25.9 Å². The van der Waals surface area contributed by atoms with Crippen molar-refractivity contribution in [2.75, 3.05) is 25.1 Å². The number of anilines is 1. The number of carbonyl (C=O) groups excluding carboxylic acids is 4. The molecule has 2 N–H and O–H groups in total. The highest BCUT2D eigenvalue weighted by atomic mass is 32.2. The summed E-state index contributed by atoms with van der Waals surface area (Å²) in [6.45, 7) is 12.0. The summed E-state index contributed by atoms with van der Waals surface area (Å²) in [5.74, 6) is -1.31. The molecule has 0 aromatic heterocycles. The van der Waals surface area contributed by atoms with Gasteiger partial charge in [-0.1, -0.05) is 18.7 Å². The third-order valence-corrected chi connectivity index (χ3v) is 6.32. The molecule has 1 heterocycles. The molecule has 1 aliphatic rings. The van der Waals surface area contributed by atoms with E-state index in [1.165, 1.54) is 24.1 Å². The van der Waals surface area contributed by atoms with Crippen molar-refractivity contribution >= 4 is 46.7 Å². The number of nitrogens with one attached hydrogen (secondary N) is 2. The van der Waals surface area contributed by atoms with Crippen molar-refractivity contribution in [1.82, 2.24) is 10.7 Å². The number of hydrazone groups is 1. The van der Waals surface area contributed by atoms with Crippen molar-refractivity contribution in [3.63, 3.8) is 0 Å². The van der Waals surface area contributed by atoms with E-state index >= 15 is 4.39 Å². The van der Waals surface area contributed by atoms with Gasteiger partial charge in [-0.15, -0.1) is 0 Å². The van der Waals surface area contributed by atoms with Gasteiger partial charge in [0.15, 0.2) is 0 Å². The number of methoxy groups -OCH3 is 1. The van der Waals surface area contributed by atoms with Crippen LogP contribution in [0, 0.1) is 5.82 Å². The summed E-state index contributed by atoms with van der Waals surface area (Å²) in [5.41, 5.74) is 0.937. The van der Waals surface area contributed by atoms with E-state index in [4.69, 9.17) is 18.9 Å². The Hall–Kier alpha value is -3.55. The minimum Gasteiger partial charge on any atom is -0.468 e. The number of benzene rings is 1. The summed E-state index contributed by atoms with van der Waals surface area (Å²) in [7, 11) is 1.24. The number of alkyl carbamates (subject to hydrolysis) is 1. The Morgan fingerprint density at radius 1 is 1.15 bits per heavy atom. The molecule has 1 unspecified atom stereocenters. The van der Waals surface area contributed by atoms with E-state index in [0.29, 0.717) is 6.42 Å². The van der Waals surface area contributed by atoms with Gasteiger partial charge in [-0.25, -0.2) is 24.2 Å². The number of carbonyl (C=O) groups is 4. The van der Waals surface area contributed by atoms with Crippen molar-refractivity contribution in [2.24, 2.45) is 5.10 Å². The lowest BCUT2D eigenvalue weighted by molar-refractivity contribution is -0.140. The van der Waals surface area contributed by atoms with Crippen LogP contribution in [0.3, 0.4) is 0 Å². The van der Waals surface area contributed by atoms with Crippen LogP contribution in [0.15, 0.2) is 23.3 Å². The predicted octanol–water partition coefficient (Wildman–Crippen LogP) is 4.55. The van der Waals surface area contributed by atoms with Crippen molar-refractivity contribution in [1.29, 1.82) is 0 Å². The topological polar surface area (TPSA) is 145 Å². The molecule has 1 fully saturated rings. The Morgan fingerprint density at radius 2 is 1.77 bits per heavy atom. The second kappa shape index (κ2) is 13.7. The van der Waals surface area contributed by atoms with Crippen LogP contribution >= 0.6 is 11.8 Å². The summed E-state index contributed by atoms with van der Waals surface area (Å²) < 4.78 is 35.9. The molecule has 1 aromatic carbocycles. The number of thioether (sulfide) groups is 1. The van der Waals surface area contributed by atoms with Gasteiger partial charge in [0.2, 0.25) is 0 Å². The van der Waals surface area contributed by atoms with E-state index in [1.807, 2.05) is 0 Å². The molecule has 12 nitrogen and oxygen atoms in total. The zero-order chi connectivity index (χ0) is 30.3. The second-order valence-corrected chi connectivity index (χ2v) is 11.9. The van der Waals surface area contributed by atoms with Gasteiger partial charge in [0.1, 0.15) is 33.4 Å². The van der Waals surface area contributed by atoms with Crippen LogP contribution in [-0.4, -0.2) is 72.0 Å². The molecular weight excluding hydrogens is 547 g/mol. The van der Waals surface area contributed by atoms with Crippen molar-refractivity contribution in [3.05, 3.63) is 29.6 Å². The molecule has 2 rings (SSSR count). The number of hydrogen-bond donors (Lipinski definition) is 2. The lowest BCUT2D eigenvalue weighted by atomic mass is 10.2. The molecule has 40 heavy (non-hydrogen) atoms. The SMILES string of the molecule is CCC(SC(=NNC(=O)OC(C)(C)C)c1ccc(N2C[C@@H](CNC(=O)OC(C)(C)C)OC2=O)cc1F)C(=O)OC. The zero-order valence-electron chi connectivity index (χ0n) is 24.0. The molecule has 0 bridgehead atoms. The number of cyclic esters (lactones) is 1. The molecule has 0 aliphatic carbocycles. The predicted molar refractivity (Wildman–Crippen MR) is 148 cm³/mol. The Labute approximate surface area is 237 Å². The van der Waals surface area contributed by atoms with Crippen LogP contribution in [0.5, 0.6) is 0 Å². The minimum atomic E-state index is -0.861. The molecule has 0 radical (unpaired) electrons. The Balaban J connectivity index is 2.23. The average molecular weight is 585 g/mol. The van der Waals surface area contributed by atoms with Crippen molar-refractivity contribution < 1.29 is 42.5 Å². The molecule has 222 valence electrons. The molecular formula is C26H37FN4O8S. The number of halogens is 1. The number of amides is 3. The van der Waals surface area contributed by atoms with Gasteiger partial charge in [-0.3, -0.25) is 9.69 Å². The van der Waals surface area contributed by atoms with Gasteiger partial charge < -0.3 is 24.3 Å². The fourth-order valence-corrected chi connectivity index (χ4v) is 4.33. The quantitative estimate of drug-likeness (QED) is 0.148. The summed E-state index contributed by atoms with van der Waals surface area (Å²) in [4.78, 5) is 49.9. The summed E-state index contributed by atoms with van der Waals surface area (Å²) in [6.07, 6.45) is -2.56. The number of ether oxygens (including phenoxy) is 4. The molecule has 1 aliphatic heterocycles. The van der Waals surface area contributed by atoms with Gasteiger partial charge >= 0.3 is 24.2 Å². The van der Waals surface area contributed by atoms with Crippen LogP contribution in [0.2, 0.25) is 0 Å². The van der Waals surface area contributed by atoms with Gasteiger partial charge in [-0.05, 0) is 66.2 Å². The maximum absolute atomic E-state index is 15.4. The third kappa shape index (κ3) is 10.2. The Bertz CT molecular complexity index is 1130. The van der Waals surface area contributed by atoms with E-state index in [-0.39, 0.29) is 29.4 Å². The average Bonchev–Trinajstić information content (AvgIpc) is 3.21. The second-order valence-electron chi connectivity index (χ2n) is 10.7. The number of nitrogens with zero attached hydrogens (tertiary/aromatic N) is 2. The Morgan fingerprint density at radius 3 is 2.33 bits per heavy atom. The lowest BCUT2D eigenvalue weighted by Gasteiger charge is -2.20. The van der Waals surface area contributed by atoms with E-state index in [2.05, 4.69) is 15.8 Å². The van der Waals surface area contributed by atoms with E-state index in [9.17, 15) is 19.2 Å². The first-order valence-electron chi connectivity index (χ1n) is 12.6. The normalized spacial score (nSPS) is 16.6. The smallest absolute Gasteiger partial charge is 0.428 e. The standard InChI is InChI=1S/C26H37FN4O8S/c1-9-19(21(32)36-8)40-20(29-30-23(34)39-26(5,6)7)17-11-10-15(12-18(17)27)31-14-16(37-24(31)35)13-28-22(33)38-25(2,3)4/h10-12,16,19H,9,13-14H2,1-8H3,(H,28,33)(H,30,34)/t16-,19?/m1/s1. The zero-order valence-corrected chi connectivity index (χ0v) is 24.8. The first-order chi connectivity index (χ1) is 18.5. The van der Waals surface area contributed by atoms with Crippen molar-refractivity contribution in [2.45, 2.75) is 77.4 Å².